The summed E-state index contributed by atoms with van der Waals surface area (Å²) in [6.07, 6.45) is 0.725. The maximum absolute atomic E-state index is 9.92. The van der Waals surface area contributed by atoms with Crippen LogP contribution in [-0.4, -0.2) is 59.7 Å². The lowest BCUT2D eigenvalue weighted by Gasteiger charge is -2.38. The minimum Gasteiger partial charge on any atom is -0.395 e. The van der Waals surface area contributed by atoms with Crippen LogP contribution in [0.4, 0.5) is 0 Å². The van der Waals surface area contributed by atoms with E-state index in [9.17, 15) is 5.11 Å². The van der Waals surface area contributed by atoms with Gasteiger partial charge in [0.25, 0.3) is 0 Å². The summed E-state index contributed by atoms with van der Waals surface area (Å²) in [7, 11) is 0. The first-order valence-corrected chi connectivity index (χ1v) is 5.24. The van der Waals surface area contributed by atoms with Crippen LogP contribution < -0.4 is 0 Å². The summed E-state index contributed by atoms with van der Waals surface area (Å²) >= 11 is 0. The Kier molecular flexibility index (Phi) is 4.31. The molecule has 2 atom stereocenters. The standard InChI is InChI=1S/C10H21NO3/c1-3-10(2,13)8-11-4-5-14-7-9(11)6-12/h9,12-13H,3-8H2,1-2H3. The van der Waals surface area contributed by atoms with Crippen molar-refractivity contribution >= 4 is 0 Å². The highest BCUT2D eigenvalue weighted by molar-refractivity contribution is 4.82. The Bertz CT molecular complexity index is 173. The van der Waals surface area contributed by atoms with Crippen LogP contribution in [0.3, 0.4) is 0 Å². The Morgan fingerprint density at radius 3 is 2.86 bits per heavy atom. The minimum absolute atomic E-state index is 0.0433. The fourth-order valence-electron chi connectivity index (χ4n) is 1.61. The third-order valence-corrected chi connectivity index (χ3v) is 2.87. The second-order valence-electron chi connectivity index (χ2n) is 4.23. The maximum atomic E-state index is 9.92. The lowest BCUT2D eigenvalue weighted by molar-refractivity contribution is -0.0666. The third kappa shape index (κ3) is 3.20. The maximum Gasteiger partial charge on any atom is 0.0743 e. The number of aliphatic hydroxyl groups is 2. The third-order valence-electron chi connectivity index (χ3n) is 2.87. The van der Waals surface area contributed by atoms with Gasteiger partial charge in [0.1, 0.15) is 0 Å². The second-order valence-corrected chi connectivity index (χ2v) is 4.23. The van der Waals surface area contributed by atoms with Gasteiger partial charge in [0.2, 0.25) is 0 Å². The fourth-order valence-corrected chi connectivity index (χ4v) is 1.61. The molecule has 1 aliphatic rings. The summed E-state index contributed by atoms with van der Waals surface area (Å²) in [5, 5.41) is 19.1. The van der Waals surface area contributed by atoms with Crippen LogP contribution in [0.15, 0.2) is 0 Å². The van der Waals surface area contributed by atoms with Crippen LogP contribution in [0.25, 0.3) is 0 Å². The molecule has 1 fully saturated rings. The smallest absolute Gasteiger partial charge is 0.0743 e. The lowest BCUT2D eigenvalue weighted by Crippen LogP contribution is -2.52. The minimum atomic E-state index is -0.662. The first kappa shape index (κ1) is 11.9. The molecule has 14 heavy (non-hydrogen) atoms. The molecule has 4 heteroatoms. The fraction of sp³-hybridized carbons (Fsp3) is 1.00. The number of nitrogens with zero attached hydrogens (tertiary/aromatic N) is 1. The van der Waals surface area contributed by atoms with E-state index in [4.69, 9.17) is 9.84 Å². The average molecular weight is 203 g/mol. The van der Waals surface area contributed by atoms with Gasteiger partial charge in [-0.25, -0.2) is 0 Å². The quantitative estimate of drug-likeness (QED) is 0.666. The monoisotopic (exact) mass is 203 g/mol. The zero-order chi connectivity index (χ0) is 10.6. The summed E-state index contributed by atoms with van der Waals surface area (Å²) in [6, 6.07) is 0.0433. The highest BCUT2D eigenvalue weighted by atomic mass is 16.5. The summed E-state index contributed by atoms with van der Waals surface area (Å²) in [5.41, 5.74) is -0.662. The highest BCUT2D eigenvalue weighted by Crippen LogP contribution is 2.15. The molecule has 4 nitrogen and oxygen atoms in total. The molecule has 1 aliphatic heterocycles. The van der Waals surface area contributed by atoms with Crippen molar-refractivity contribution < 1.29 is 14.9 Å². The Hall–Kier alpha value is -0.160. The topological polar surface area (TPSA) is 52.9 Å². The summed E-state index contributed by atoms with van der Waals surface area (Å²) in [5.74, 6) is 0. The van der Waals surface area contributed by atoms with Crippen molar-refractivity contribution in [3.05, 3.63) is 0 Å². The summed E-state index contributed by atoms with van der Waals surface area (Å²) in [4.78, 5) is 2.10. The Balaban J connectivity index is 2.48. The number of hydrogen-bond donors (Lipinski definition) is 2. The molecule has 0 spiro atoms. The van der Waals surface area contributed by atoms with Crippen molar-refractivity contribution in [2.45, 2.75) is 31.9 Å². The van der Waals surface area contributed by atoms with E-state index < -0.39 is 5.60 Å². The van der Waals surface area contributed by atoms with Gasteiger partial charge in [0, 0.05) is 13.1 Å². The van der Waals surface area contributed by atoms with Crippen LogP contribution in [-0.2, 0) is 4.74 Å². The van der Waals surface area contributed by atoms with Gasteiger partial charge >= 0.3 is 0 Å². The van der Waals surface area contributed by atoms with Gasteiger partial charge in [0.05, 0.1) is 31.5 Å². The molecule has 2 unspecified atom stereocenters. The van der Waals surface area contributed by atoms with E-state index >= 15 is 0 Å². The number of β-amino-alcohol motifs (C(OH)–C–C–N with tert-alkyl or cyclic N) is 1. The first-order chi connectivity index (χ1) is 6.59. The molecule has 0 radical (unpaired) electrons. The number of morpholine rings is 1. The molecule has 1 rings (SSSR count). The molecule has 1 saturated heterocycles. The van der Waals surface area contributed by atoms with E-state index in [1.165, 1.54) is 0 Å². The van der Waals surface area contributed by atoms with Gasteiger partial charge < -0.3 is 14.9 Å². The van der Waals surface area contributed by atoms with E-state index in [-0.39, 0.29) is 12.6 Å². The number of aliphatic hydroxyl groups excluding tert-OH is 1. The Morgan fingerprint density at radius 2 is 2.29 bits per heavy atom. The molecular formula is C10H21NO3. The SMILES string of the molecule is CCC(C)(O)CN1CCOCC1CO. The molecule has 2 N–H and O–H groups in total. The molecule has 84 valence electrons. The Labute approximate surface area is 85.5 Å². The predicted octanol–water partition coefficient (Wildman–Crippen LogP) is -0.160. The average Bonchev–Trinajstić information content (AvgIpc) is 2.18. The van der Waals surface area contributed by atoms with Crippen LogP contribution >= 0.6 is 0 Å². The number of ether oxygens (including phenoxy) is 1. The van der Waals surface area contributed by atoms with E-state index in [1.54, 1.807) is 0 Å². The normalized spacial score (nSPS) is 28.7. The van der Waals surface area contributed by atoms with Crippen molar-refractivity contribution in [1.82, 2.24) is 4.90 Å². The second kappa shape index (κ2) is 5.07. The predicted molar refractivity (Wildman–Crippen MR) is 54.2 cm³/mol. The Morgan fingerprint density at radius 1 is 1.57 bits per heavy atom. The molecular weight excluding hydrogens is 182 g/mol. The van der Waals surface area contributed by atoms with Crippen LogP contribution in [0.2, 0.25) is 0 Å². The van der Waals surface area contributed by atoms with Crippen molar-refractivity contribution in [2.75, 3.05) is 32.9 Å². The van der Waals surface area contributed by atoms with Gasteiger partial charge in [-0.1, -0.05) is 6.92 Å². The molecule has 1 heterocycles. The van der Waals surface area contributed by atoms with Gasteiger partial charge in [-0.2, -0.15) is 0 Å². The van der Waals surface area contributed by atoms with Crippen LogP contribution in [0.5, 0.6) is 0 Å². The van der Waals surface area contributed by atoms with Gasteiger partial charge in [-0.15, -0.1) is 0 Å². The van der Waals surface area contributed by atoms with Crippen molar-refractivity contribution in [3.63, 3.8) is 0 Å². The van der Waals surface area contributed by atoms with Crippen LogP contribution in [0.1, 0.15) is 20.3 Å². The van der Waals surface area contributed by atoms with Gasteiger partial charge in [-0.05, 0) is 13.3 Å². The first-order valence-electron chi connectivity index (χ1n) is 5.24. The number of rotatable bonds is 4. The van der Waals surface area contributed by atoms with Gasteiger partial charge in [-0.3, -0.25) is 4.90 Å². The number of hydrogen-bond acceptors (Lipinski definition) is 4. The van der Waals surface area contributed by atoms with E-state index in [1.807, 2.05) is 13.8 Å². The van der Waals surface area contributed by atoms with E-state index in [0.717, 1.165) is 13.0 Å². The molecule has 0 saturated carbocycles. The largest absolute Gasteiger partial charge is 0.395 e. The molecule has 0 amide bonds. The molecule has 0 aromatic heterocycles. The highest BCUT2D eigenvalue weighted by Gasteiger charge is 2.28. The zero-order valence-electron chi connectivity index (χ0n) is 9.07. The summed E-state index contributed by atoms with van der Waals surface area (Å²) in [6.45, 7) is 6.55. The van der Waals surface area contributed by atoms with Crippen molar-refractivity contribution in [3.8, 4) is 0 Å². The van der Waals surface area contributed by atoms with Crippen molar-refractivity contribution in [1.29, 1.82) is 0 Å². The van der Waals surface area contributed by atoms with Crippen molar-refractivity contribution in [2.24, 2.45) is 0 Å². The van der Waals surface area contributed by atoms with E-state index in [0.29, 0.717) is 19.8 Å². The van der Waals surface area contributed by atoms with Gasteiger partial charge in [0.15, 0.2) is 0 Å². The molecule has 0 aromatic rings. The van der Waals surface area contributed by atoms with E-state index in [2.05, 4.69) is 4.90 Å². The van der Waals surface area contributed by atoms with Crippen LogP contribution in [0, 0.1) is 0 Å². The molecule has 0 aromatic carbocycles. The summed E-state index contributed by atoms with van der Waals surface area (Å²) < 4.78 is 5.27. The zero-order valence-corrected chi connectivity index (χ0v) is 9.07. The molecule has 0 bridgehead atoms. The lowest BCUT2D eigenvalue weighted by atomic mass is 10.0. The molecule has 0 aliphatic carbocycles.